The van der Waals surface area contributed by atoms with Crippen molar-refractivity contribution in [1.29, 1.82) is 0 Å². The van der Waals surface area contributed by atoms with Gasteiger partial charge in [-0.3, -0.25) is 4.79 Å². The maximum atomic E-state index is 12.8. The number of halogens is 1. The number of nitrogens with zero attached hydrogens (tertiary/aromatic N) is 1. The first-order valence-corrected chi connectivity index (χ1v) is 12.3. The third kappa shape index (κ3) is 6.21. The summed E-state index contributed by atoms with van der Waals surface area (Å²) in [6.45, 7) is 5.59. The van der Waals surface area contributed by atoms with Crippen LogP contribution in [0.2, 0.25) is 5.02 Å². The number of hydrogen-bond donors (Lipinski definition) is 1. The van der Waals surface area contributed by atoms with E-state index in [1.165, 1.54) is 4.31 Å². The van der Waals surface area contributed by atoms with Crippen molar-refractivity contribution in [1.82, 2.24) is 9.62 Å². The number of carbonyl (C=O) groups excluding carboxylic acids is 1. The van der Waals surface area contributed by atoms with Gasteiger partial charge in [0.2, 0.25) is 15.9 Å². The number of carbonyl (C=O) groups is 1. The molecule has 0 aromatic heterocycles. The number of piperidine rings is 1. The van der Waals surface area contributed by atoms with Crippen LogP contribution in [0.15, 0.2) is 47.4 Å². The first-order valence-electron chi connectivity index (χ1n) is 10.5. The van der Waals surface area contributed by atoms with Gasteiger partial charge in [-0.05, 0) is 69.0 Å². The molecule has 1 aliphatic rings. The van der Waals surface area contributed by atoms with E-state index in [2.05, 4.69) is 5.32 Å². The van der Waals surface area contributed by atoms with E-state index in [0.717, 1.165) is 16.9 Å². The lowest BCUT2D eigenvalue weighted by Gasteiger charge is -2.30. The van der Waals surface area contributed by atoms with Crippen LogP contribution in [0.4, 0.5) is 0 Å². The molecule has 31 heavy (non-hydrogen) atoms. The highest BCUT2D eigenvalue weighted by Gasteiger charge is 2.31. The van der Waals surface area contributed by atoms with Crippen LogP contribution in [0.25, 0.3) is 0 Å². The number of sulfonamides is 1. The minimum Gasteiger partial charge on any atom is -0.493 e. The molecule has 0 aliphatic carbocycles. The van der Waals surface area contributed by atoms with Gasteiger partial charge in [-0.2, -0.15) is 4.31 Å². The van der Waals surface area contributed by atoms with Gasteiger partial charge < -0.3 is 10.1 Å². The van der Waals surface area contributed by atoms with Crippen LogP contribution in [0.5, 0.6) is 5.75 Å². The normalized spacial score (nSPS) is 15.6. The summed E-state index contributed by atoms with van der Waals surface area (Å²) in [5.41, 5.74) is 1.99. The van der Waals surface area contributed by atoms with Crippen LogP contribution in [-0.2, 0) is 14.8 Å². The molecule has 0 radical (unpaired) electrons. The monoisotopic (exact) mass is 464 g/mol. The Morgan fingerprint density at radius 2 is 1.81 bits per heavy atom. The van der Waals surface area contributed by atoms with Gasteiger partial charge in [0.1, 0.15) is 5.75 Å². The molecule has 2 aromatic rings. The minimum absolute atomic E-state index is 0.0185. The number of benzene rings is 2. The summed E-state index contributed by atoms with van der Waals surface area (Å²) >= 11 is 5.94. The highest BCUT2D eigenvalue weighted by molar-refractivity contribution is 7.89. The number of aryl methyl sites for hydroxylation is 2. The summed E-state index contributed by atoms with van der Waals surface area (Å²) in [5, 5.41) is 3.62. The van der Waals surface area contributed by atoms with E-state index >= 15 is 0 Å². The fourth-order valence-corrected chi connectivity index (χ4v) is 5.30. The Morgan fingerprint density at radius 3 is 2.45 bits per heavy atom. The molecule has 8 heteroatoms. The second-order valence-corrected chi connectivity index (χ2v) is 10.3. The molecule has 0 spiro atoms. The van der Waals surface area contributed by atoms with Crippen molar-refractivity contribution in [3.05, 3.63) is 58.6 Å². The summed E-state index contributed by atoms with van der Waals surface area (Å²) in [6.07, 6.45) is 1.74. The quantitative estimate of drug-likeness (QED) is 0.600. The van der Waals surface area contributed by atoms with Gasteiger partial charge in [-0.1, -0.05) is 29.3 Å². The summed E-state index contributed by atoms with van der Waals surface area (Å²) in [4.78, 5) is 12.8. The van der Waals surface area contributed by atoms with E-state index < -0.39 is 10.0 Å². The molecule has 1 amide bonds. The molecular weight excluding hydrogens is 436 g/mol. The maximum Gasteiger partial charge on any atom is 0.243 e. The van der Waals surface area contributed by atoms with E-state index in [1.807, 2.05) is 26.0 Å². The zero-order valence-electron chi connectivity index (χ0n) is 17.9. The maximum absolute atomic E-state index is 12.8. The van der Waals surface area contributed by atoms with Crippen molar-refractivity contribution in [3.63, 3.8) is 0 Å². The molecule has 6 nitrogen and oxygen atoms in total. The number of amides is 1. The Labute approximate surface area is 189 Å². The Balaban J connectivity index is 1.39. The highest BCUT2D eigenvalue weighted by Crippen LogP contribution is 2.24. The summed E-state index contributed by atoms with van der Waals surface area (Å²) in [6, 6.07) is 12.3. The molecule has 1 saturated heterocycles. The van der Waals surface area contributed by atoms with Gasteiger partial charge in [0.15, 0.2) is 0 Å². The molecule has 1 fully saturated rings. The molecule has 1 heterocycles. The second-order valence-electron chi connectivity index (χ2n) is 7.89. The molecule has 3 rings (SSSR count). The van der Waals surface area contributed by atoms with Gasteiger partial charge in [0, 0.05) is 30.6 Å². The first kappa shape index (κ1) is 23.6. The van der Waals surface area contributed by atoms with Crippen LogP contribution in [0, 0.1) is 19.8 Å². The second kappa shape index (κ2) is 10.5. The molecule has 168 valence electrons. The Hall–Kier alpha value is -2.09. The Morgan fingerprint density at radius 1 is 1.13 bits per heavy atom. The summed E-state index contributed by atoms with van der Waals surface area (Å²) in [7, 11) is -3.51. The molecule has 0 unspecified atom stereocenters. The predicted molar refractivity (Wildman–Crippen MR) is 122 cm³/mol. The fourth-order valence-electron chi connectivity index (χ4n) is 3.60. The standard InChI is InChI=1S/C23H29ClN2O4S/c1-17-4-7-21(8-5-17)31(28,29)26-13-10-19(11-14-26)23(27)25-12-3-15-30-22-9-6-20(24)16-18(22)2/h4-9,16,19H,3,10-15H2,1-2H3,(H,25,27). The fraction of sp³-hybridized carbons (Fsp3) is 0.435. The van der Waals surface area contributed by atoms with Gasteiger partial charge in [-0.25, -0.2) is 8.42 Å². The topological polar surface area (TPSA) is 75.7 Å². The molecule has 2 aromatic carbocycles. The molecular formula is C23H29ClN2O4S. The van der Waals surface area contributed by atoms with Crippen molar-refractivity contribution in [2.45, 2.75) is 38.0 Å². The van der Waals surface area contributed by atoms with Gasteiger partial charge in [-0.15, -0.1) is 0 Å². The lowest BCUT2D eigenvalue weighted by atomic mass is 9.97. The number of ether oxygens (including phenoxy) is 1. The minimum atomic E-state index is -3.51. The lowest BCUT2D eigenvalue weighted by Crippen LogP contribution is -2.43. The van der Waals surface area contributed by atoms with Crippen molar-refractivity contribution >= 4 is 27.5 Å². The third-order valence-electron chi connectivity index (χ3n) is 5.50. The molecule has 0 atom stereocenters. The first-order chi connectivity index (χ1) is 14.8. The molecule has 0 bridgehead atoms. The van der Waals surface area contributed by atoms with Crippen molar-refractivity contribution < 1.29 is 17.9 Å². The van der Waals surface area contributed by atoms with E-state index in [1.54, 1.807) is 30.3 Å². The molecule has 0 saturated carbocycles. The van der Waals surface area contributed by atoms with E-state index in [9.17, 15) is 13.2 Å². The van der Waals surface area contributed by atoms with Crippen molar-refractivity contribution in [2.24, 2.45) is 5.92 Å². The smallest absolute Gasteiger partial charge is 0.243 e. The number of nitrogens with one attached hydrogen (secondary N) is 1. The van der Waals surface area contributed by atoms with Gasteiger partial charge in [0.05, 0.1) is 11.5 Å². The summed E-state index contributed by atoms with van der Waals surface area (Å²) in [5.74, 6) is 0.608. The largest absolute Gasteiger partial charge is 0.493 e. The van der Waals surface area contributed by atoms with Crippen LogP contribution in [-0.4, -0.2) is 44.9 Å². The van der Waals surface area contributed by atoms with Crippen molar-refractivity contribution in [2.75, 3.05) is 26.2 Å². The SMILES string of the molecule is Cc1ccc(S(=O)(=O)N2CCC(C(=O)NCCCOc3ccc(Cl)cc3C)CC2)cc1. The van der Waals surface area contributed by atoms with E-state index in [-0.39, 0.29) is 11.8 Å². The lowest BCUT2D eigenvalue weighted by molar-refractivity contribution is -0.126. The average molecular weight is 465 g/mol. The zero-order valence-corrected chi connectivity index (χ0v) is 19.5. The Bertz CT molecular complexity index is 1000. The average Bonchev–Trinajstić information content (AvgIpc) is 2.75. The Kier molecular flexibility index (Phi) is 7.97. The number of rotatable bonds is 8. The third-order valence-corrected chi connectivity index (χ3v) is 7.65. The van der Waals surface area contributed by atoms with E-state index in [4.69, 9.17) is 16.3 Å². The van der Waals surface area contributed by atoms with Gasteiger partial charge in [0.25, 0.3) is 0 Å². The molecule has 1 N–H and O–H groups in total. The van der Waals surface area contributed by atoms with Crippen LogP contribution in [0.1, 0.15) is 30.4 Å². The van der Waals surface area contributed by atoms with Crippen LogP contribution >= 0.6 is 11.6 Å². The molecule has 1 aliphatic heterocycles. The summed E-state index contributed by atoms with van der Waals surface area (Å²) < 4.78 is 32.8. The zero-order chi connectivity index (χ0) is 22.4. The van der Waals surface area contributed by atoms with E-state index in [0.29, 0.717) is 55.4 Å². The predicted octanol–water partition coefficient (Wildman–Crippen LogP) is 3.94. The van der Waals surface area contributed by atoms with Crippen LogP contribution < -0.4 is 10.1 Å². The van der Waals surface area contributed by atoms with Crippen molar-refractivity contribution in [3.8, 4) is 5.75 Å². The van der Waals surface area contributed by atoms with Crippen LogP contribution in [0.3, 0.4) is 0 Å². The highest BCUT2D eigenvalue weighted by atomic mass is 35.5. The van der Waals surface area contributed by atoms with Gasteiger partial charge >= 0.3 is 0 Å². The number of hydrogen-bond acceptors (Lipinski definition) is 4.